The molecule has 5 heteroatoms. The summed E-state index contributed by atoms with van der Waals surface area (Å²) in [5.41, 5.74) is 5.00. The predicted octanol–water partition coefficient (Wildman–Crippen LogP) is 4.07. The normalized spacial score (nSPS) is 15.0. The molecule has 0 fully saturated rings. The van der Waals surface area contributed by atoms with Crippen molar-refractivity contribution in [3.63, 3.8) is 0 Å². The Kier molecular flexibility index (Phi) is 3.43. The van der Waals surface area contributed by atoms with E-state index < -0.39 is 0 Å². The topological polar surface area (TPSA) is 58.7 Å². The molecule has 0 spiro atoms. The molecule has 0 radical (unpaired) electrons. The Hall–Kier alpha value is -2.69. The van der Waals surface area contributed by atoms with Crippen LogP contribution in [0.3, 0.4) is 0 Å². The van der Waals surface area contributed by atoms with Gasteiger partial charge in [0.1, 0.15) is 0 Å². The smallest absolute Gasteiger partial charge is 0.269 e. The van der Waals surface area contributed by atoms with E-state index in [9.17, 15) is 10.1 Å². The number of non-ortho nitro benzene ring substituents is 1. The van der Waals surface area contributed by atoms with E-state index in [2.05, 4.69) is 30.9 Å². The Morgan fingerprint density at radius 1 is 1.09 bits per heavy atom. The number of nitro benzene ring substituents is 1. The third-order valence-electron chi connectivity index (χ3n) is 4.35. The van der Waals surface area contributed by atoms with E-state index in [0.717, 1.165) is 22.6 Å². The SMILES string of the molecule is CN(C)c1ccc2c(c1)C(C)(C)C(c1ccc([N+](=O)[O-])cc1)=N2. The highest BCUT2D eigenvalue weighted by molar-refractivity contribution is 6.12. The number of nitro groups is 1. The molecular weight excluding hydrogens is 290 g/mol. The van der Waals surface area contributed by atoms with Crippen LogP contribution in [-0.4, -0.2) is 24.7 Å². The maximum absolute atomic E-state index is 10.8. The summed E-state index contributed by atoms with van der Waals surface area (Å²) < 4.78 is 0. The molecule has 3 rings (SSSR count). The molecule has 0 aliphatic carbocycles. The van der Waals surface area contributed by atoms with Crippen LogP contribution in [0.25, 0.3) is 0 Å². The molecule has 1 aliphatic heterocycles. The van der Waals surface area contributed by atoms with Crippen molar-refractivity contribution in [2.24, 2.45) is 4.99 Å². The van der Waals surface area contributed by atoms with Crippen molar-refractivity contribution in [2.75, 3.05) is 19.0 Å². The minimum Gasteiger partial charge on any atom is -0.378 e. The van der Waals surface area contributed by atoms with Crippen LogP contribution in [0.2, 0.25) is 0 Å². The van der Waals surface area contributed by atoms with Gasteiger partial charge in [0, 0.05) is 37.3 Å². The number of hydrogen-bond donors (Lipinski definition) is 0. The fraction of sp³-hybridized carbons (Fsp3) is 0.278. The Labute approximate surface area is 135 Å². The van der Waals surface area contributed by atoms with Gasteiger partial charge < -0.3 is 4.90 Å². The average Bonchev–Trinajstić information content (AvgIpc) is 2.78. The van der Waals surface area contributed by atoms with Crippen LogP contribution in [0, 0.1) is 10.1 Å². The molecule has 5 nitrogen and oxygen atoms in total. The second-order valence-corrected chi connectivity index (χ2v) is 6.49. The third-order valence-corrected chi connectivity index (χ3v) is 4.35. The first kappa shape index (κ1) is 15.2. The van der Waals surface area contributed by atoms with Gasteiger partial charge in [-0.2, -0.15) is 0 Å². The Morgan fingerprint density at radius 2 is 1.74 bits per heavy atom. The molecule has 0 amide bonds. The van der Waals surface area contributed by atoms with Crippen LogP contribution < -0.4 is 4.90 Å². The fourth-order valence-electron chi connectivity index (χ4n) is 2.95. The monoisotopic (exact) mass is 309 g/mol. The molecule has 2 aromatic rings. The summed E-state index contributed by atoms with van der Waals surface area (Å²) >= 11 is 0. The van der Waals surface area contributed by atoms with Gasteiger partial charge in [0.05, 0.1) is 16.3 Å². The second kappa shape index (κ2) is 5.19. The van der Waals surface area contributed by atoms with E-state index in [4.69, 9.17) is 4.99 Å². The number of benzene rings is 2. The highest BCUT2D eigenvalue weighted by Crippen LogP contribution is 2.43. The quantitative estimate of drug-likeness (QED) is 0.634. The molecule has 0 aromatic heterocycles. The van der Waals surface area contributed by atoms with E-state index in [-0.39, 0.29) is 16.0 Å². The van der Waals surface area contributed by atoms with E-state index in [0.29, 0.717) is 0 Å². The van der Waals surface area contributed by atoms with Gasteiger partial charge in [-0.3, -0.25) is 15.1 Å². The fourth-order valence-corrected chi connectivity index (χ4v) is 2.95. The summed E-state index contributed by atoms with van der Waals surface area (Å²) in [6, 6.07) is 12.9. The summed E-state index contributed by atoms with van der Waals surface area (Å²) in [5, 5.41) is 10.8. The minimum absolute atomic E-state index is 0.0950. The number of hydrogen-bond acceptors (Lipinski definition) is 4. The van der Waals surface area contributed by atoms with Crippen LogP contribution in [0.5, 0.6) is 0 Å². The predicted molar refractivity (Wildman–Crippen MR) is 93.1 cm³/mol. The van der Waals surface area contributed by atoms with E-state index >= 15 is 0 Å². The van der Waals surface area contributed by atoms with Crippen molar-refractivity contribution in [2.45, 2.75) is 19.3 Å². The molecule has 118 valence electrons. The van der Waals surface area contributed by atoms with Gasteiger partial charge in [-0.25, -0.2) is 0 Å². The lowest BCUT2D eigenvalue weighted by molar-refractivity contribution is -0.384. The summed E-state index contributed by atoms with van der Waals surface area (Å²) in [5.74, 6) is 0. The highest BCUT2D eigenvalue weighted by atomic mass is 16.6. The molecule has 23 heavy (non-hydrogen) atoms. The summed E-state index contributed by atoms with van der Waals surface area (Å²) in [6.07, 6.45) is 0. The van der Waals surface area contributed by atoms with Crippen molar-refractivity contribution < 1.29 is 4.92 Å². The first-order valence-corrected chi connectivity index (χ1v) is 7.46. The number of fused-ring (bicyclic) bond motifs is 1. The number of nitrogens with zero attached hydrogens (tertiary/aromatic N) is 3. The lowest BCUT2D eigenvalue weighted by atomic mass is 9.79. The maximum Gasteiger partial charge on any atom is 0.269 e. The van der Waals surface area contributed by atoms with Crippen LogP contribution in [-0.2, 0) is 5.41 Å². The molecule has 1 aliphatic rings. The molecule has 0 atom stereocenters. The molecule has 1 heterocycles. The standard InChI is InChI=1S/C18H19N3O2/c1-18(2)15-11-14(20(3)4)9-10-16(15)19-17(18)12-5-7-13(8-6-12)21(22)23/h5-11H,1-4H3. The summed E-state index contributed by atoms with van der Waals surface area (Å²) in [7, 11) is 4.03. The molecule has 0 unspecified atom stereocenters. The zero-order valence-corrected chi connectivity index (χ0v) is 13.7. The van der Waals surface area contributed by atoms with Gasteiger partial charge >= 0.3 is 0 Å². The van der Waals surface area contributed by atoms with Crippen molar-refractivity contribution in [3.8, 4) is 0 Å². The summed E-state index contributed by atoms with van der Waals surface area (Å²) in [4.78, 5) is 17.3. The molecule has 2 aromatic carbocycles. The lowest BCUT2D eigenvalue weighted by Crippen LogP contribution is -2.26. The Morgan fingerprint density at radius 3 is 2.30 bits per heavy atom. The second-order valence-electron chi connectivity index (χ2n) is 6.49. The zero-order chi connectivity index (χ0) is 16.8. The van der Waals surface area contributed by atoms with Crippen LogP contribution in [0.4, 0.5) is 17.1 Å². The third kappa shape index (κ3) is 2.48. The summed E-state index contributed by atoms with van der Waals surface area (Å²) in [6.45, 7) is 4.27. The number of anilines is 1. The van der Waals surface area contributed by atoms with Gasteiger partial charge in [-0.15, -0.1) is 0 Å². The van der Waals surface area contributed by atoms with Gasteiger partial charge in [0.2, 0.25) is 0 Å². The molecule has 0 saturated carbocycles. The van der Waals surface area contributed by atoms with Crippen LogP contribution in [0.15, 0.2) is 47.5 Å². The van der Waals surface area contributed by atoms with E-state index in [1.54, 1.807) is 12.1 Å². The molecule has 0 saturated heterocycles. The van der Waals surface area contributed by atoms with Gasteiger partial charge in [0.15, 0.2) is 0 Å². The first-order chi connectivity index (χ1) is 10.8. The van der Waals surface area contributed by atoms with Crippen molar-refractivity contribution in [1.82, 2.24) is 0 Å². The van der Waals surface area contributed by atoms with Crippen LogP contribution in [0.1, 0.15) is 25.0 Å². The maximum atomic E-state index is 10.8. The van der Waals surface area contributed by atoms with E-state index in [1.165, 1.54) is 17.7 Å². The highest BCUT2D eigenvalue weighted by Gasteiger charge is 2.36. The van der Waals surface area contributed by atoms with Crippen molar-refractivity contribution in [3.05, 3.63) is 63.7 Å². The lowest BCUT2D eigenvalue weighted by Gasteiger charge is -2.24. The van der Waals surface area contributed by atoms with Gasteiger partial charge in [0.25, 0.3) is 5.69 Å². The number of rotatable bonds is 3. The van der Waals surface area contributed by atoms with Crippen LogP contribution >= 0.6 is 0 Å². The van der Waals surface area contributed by atoms with E-state index in [1.807, 2.05) is 20.2 Å². The zero-order valence-electron chi connectivity index (χ0n) is 13.7. The largest absolute Gasteiger partial charge is 0.378 e. The van der Waals surface area contributed by atoms with Crippen molar-refractivity contribution in [1.29, 1.82) is 0 Å². The first-order valence-electron chi connectivity index (χ1n) is 7.46. The Balaban J connectivity index is 2.03. The minimum atomic E-state index is -0.385. The van der Waals surface area contributed by atoms with Gasteiger partial charge in [-0.1, -0.05) is 13.8 Å². The average molecular weight is 309 g/mol. The molecular formula is C18H19N3O2. The van der Waals surface area contributed by atoms with Crippen molar-refractivity contribution >= 4 is 22.8 Å². The number of aliphatic imine (C=N–C) groups is 1. The van der Waals surface area contributed by atoms with Gasteiger partial charge in [-0.05, 0) is 41.5 Å². The molecule has 0 bridgehead atoms. The molecule has 0 N–H and O–H groups in total. The Bertz CT molecular complexity index is 806.